The Morgan fingerprint density at radius 1 is 0.871 bits per heavy atom. The predicted octanol–water partition coefficient (Wildman–Crippen LogP) is 5.13. The molecule has 3 aromatic carbocycles. The van der Waals surface area contributed by atoms with Crippen molar-refractivity contribution in [1.29, 1.82) is 0 Å². The number of anilines is 2. The van der Waals surface area contributed by atoms with Crippen LogP contribution >= 0.6 is 0 Å². The van der Waals surface area contributed by atoms with Crippen molar-refractivity contribution in [1.82, 2.24) is 9.97 Å². The second kappa shape index (κ2) is 8.32. The van der Waals surface area contributed by atoms with E-state index >= 15 is 0 Å². The van der Waals surface area contributed by atoms with E-state index in [-0.39, 0.29) is 5.91 Å². The largest absolute Gasteiger partial charge is 0.354 e. The van der Waals surface area contributed by atoms with Crippen molar-refractivity contribution in [2.75, 3.05) is 10.6 Å². The van der Waals surface area contributed by atoms with Gasteiger partial charge < -0.3 is 15.6 Å². The monoisotopic (exact) mass is 406 g/mol. The molecule has 0 radical (unpaired) electrons. The number of benzene rings is 3. The molecule has 1 amide bonds. The minimum absolute atomic E-state index is 0.0943. The van der Waals surface area contributed by atoms with Crippen LogP contribution in [0.4, 0.5) is 11.4 Å². The molecule has 5 nitrogen and oxygen atoms in total. The fourth-order valence-corrected chi connectivity index (χ4v) is 3.85. The second-order valence-corrected chi connectivity index (χ2v) is 7.50. The van der Waals surface area contributed by atoms with E-state index < -0.39 is 0 Å². The number of H-pyrrole nitrogens is 1. The van der Waals surface area contributed by atoms with Gasteiger partial charge in [0.1, 0.15) is 0 Å². The summed E-state index contributed by atoms with van der Waals surface area (Å²) in [6.45, 7) is 0. The maximum Gasteiger partial charge on any atom is 0.258 e. The molecule has 0 spiro atoms. The summed E-state index contributed by atoms with van der Waals surface area (Å²) in [5.41, 5.74) is 7.41. The van der Waals surface area contributed by atoms with Crippen molar-refractivity contribution in [3.8, 4) is 0 Å². The fraction of sp³-hybridized carbons (Fsp3) is 0.0769. The molecule has 5 heteroatoms. The predicted molar refractivity (Wildman–Crippen MR) is 124 cm³/mol. The number of nitrogens with one attached hydrogen (secondary N) is 3. The number of rotatable bonds is 6. The normalized spacial score (nSPS) is 14.1. The third-order valence-electron chi connectivity index (χ3n) is 5.43. The van der Waals surface area contributed by atoms with Gasteiger partial charge in [0.15, 0.2) is 0 Å². The standard InChI is InChI=1S/C26H22N4O/c31-26-24(22-8-4-5-9-23(22)30-26)25(19-6-2-1-3-7-19)29-20-13-10-18(11-14-20)12-15-21-16-27-17-28-21/h1-11,13-14,16-17,29H,12,15H2,(H,27,28)(H,30,31)/b25-24-. The van der Waals surface area contributed by atoms with Crippen molar-refractivity contribution in [2.24, 2.45) is 0 Å². The molecule has 0 fully saturated rings. The summed E-state index contributed by atoms with van der Waals surface area (Å²) in [6.07, 6.45) is 5.46. The number of aromatic amines is 1. The molecule has 1 aliphatic rings. The van der Waals surface area contributed by atoms with E-state index in [4.69, 9.17) is 0 Å². The van der Waals surface area contributed by atoms with Gasteiger partial charge in [-0.1, -0.05) is 60.7 Å². The summed E-state index contributed by atoms with van der Waals surface area (Å²) in [5.74, 6) is -0.0943. The van der Waals surface area contributed by atoms with E-state index in [0.29, 0.717) is 5.57 Å². The molecule has 1 aromatic heterocycles. The summed E-state index contributed by atoms with van der Waals surface area (Å²) in [7, 11) is 0. The summed E-state index contributed by atoms with van der Waals surface area (Å²) in [6, 6.07) is 26.1. The number of nitrogens with zero attached hydrogens (tertiary/aromatic N) is 1. The Balaban J connectivity index is 1.46. The number of carbonyl (C=O) groups is 1. The van der Waals surface area contributed by atoms with Gasteiger partial charge in [-0.25, -0.2) is 4.98 Å². The Bertz CT molecular complexity index is 1230. The average molecular weight is 406 g/mol. The molecule has 0 bridgehead atoms. The first-order chi connectivity index (χ1) is 15.3. The zero-order valence-electron chi connectivity index (χ0n) is 16.9. The van der Waals surface area contributed by atoms with E-state index in [1.54, 1.807) is 6.33 Å². The highest BCUT2D eigenvalue weighted by atomic mass is 16.2. The van der Waals surface area contributed by atoms with Crippen molar-refractivity contribution in [2.45, 2.75) is 12.8 Å². The minimum Gasteiger partial charge on any atom is -0.354 e. The van der Waals surface area contributed by atoms with Crippen LogP contribution in [-0.4, -0.2) is 15.9 Å². The first-order valence-corrected chi connectivity index (χ1v) is 10.3. The molecule has 0 aliphatic carbocycles. The number of para-hydroxylation sites is 1. The molecule has 0 unspecified atom stereocenters. The summed E-state index contributed by atoms with van der Waals surface area (Å²) >= 11 is 0. The lowest BCUT2D eigenvalue weighted by Crippen LogP contribution is -2.10. The Morgan fingerprint density at radius 2 is 1.65 bits per heavy atom. The zero-order valence-corrected chi connectivity index (χ0v) is 16.9. The molecule has 152 valence electrons. The molecule has 0 saturated heterocycles. The first-order valence-electron chi connectivity index (χ1n) is 10.3. The molecule has 31 heavy (non-hydrogen) atoms. The number of amides is 1. The highest BCUT2D eigenvalue weighted by Crippen LogP contribution is 2.37. The van der Waals surface area contributed by atoms with Crippen molar-refractivity contribution in [3.05, 3.63) is 114 Å². The molecule has 5 rings (SSSR count). The average Bonchev–Trinajstić information content (AvgIpc) is 3.45. The summed E-state index contributed by atoms with van der Waals surface area (Å²) in [4.78, 5) is 20.1. The SMILES string of the molecule is O=C1Nc2ccccc2/C1=C(/Nc1ccc(CCc2c[nH]cn2)cc1)c1ccccc1. The minimum atomic E-state index is -0.0943. The lowest BCUT2D eigenvalue weighted by atomic mass is 10.00. The van der Waals surface area contributed by atoms with Crippen LogP contribution < -0.4 is 10.6 Å². The first kappa shape index (κ1) is 18.9. The number of hydrogen-bond donors (Lipinski definition) is 3. The Hall–Kier alpha value is -4.12. The maximum atomic E-state index is 12.9. The lowest BCUT2D eigenvalue weighted by Gasteiger charge is -2.15. The van der Waals surface area contributed by atoms with Crippen LogP contribution in [0.1, 0.15) is 22.4 Å². The topological polar surface area (TPSA) is 69.8 Å². The van der Waals surface area contributed by atoms with Crippen molar-refractivity contribution >= 4 is 28.6 Å². The van der Waals surface area contributed by atoms with Crippen LogP contribution in [0.5, 0.6) is 0 Å². The fourth-order valence-electron chi connectivity index (χ4n) is 3.85. The molecule has 3 N–H and O–H groups in total. The number of imidazole rings is 1. The Kier molecular flexibility index (Phi) is 5.07. The summed E-state index contributed by atoms with van der Waals surface area (Å²) in [5, 5.41) is 6.48. The van der Waals surface area contributed by atoms with E-state index in [2.05, 4.69) is 44.9 Å². The van der Waals surface area contributed by atoms with Crippen molar-refractivity contribution in [3.63, 3.8) is 0 Å². The number of hydrogen-bond acceptors (Lipinski definition) is 3. The number of fused-ring (bicyclic) bond motifs is 1. The van der Waals surface area contributed by atoms with E-state index in [9.17, 15) is 4.79 Å². The van der Waals surface area contributed by atoms with Gasteiger partial charge in [0, 0.05) is 23.1 Å². The highest BCUT2D eigenvalue weighted by molar-refractivity contribution is 6.37. The van der Waals surface area contributed by atoms with Crippen LogP contribution in [0.3, 0.4) is 0 Å². The zero-order chi connectivity index (χ0) is 21.0. The van der Waals surface area contributed by atoms with Crippen LogP contribution in [-0.2, 0) is 17.6 Å². The Morgan fingerprint density at radius 3 is 2.42 bits per heavy atom. The van der Waals surface area contributed by atoms with Gasteiger partial charge in [0.05, 0.1) is 23.3 Å². The van der Waals surface area contributed by atoms with Gasteiger partial charge in [0.2, 0.25) is 0 Å². The van der Waals surface area contributed by atoms with Crippen LogP contribution in [0, 0.1) is 0 Å². The highest BCUT2D eigenvalue weighted by Gasteiger charge is 2.27. The van der Waals surface area contributed by atoms with Gasteiger partial charge in [-0.15, -0.1) is 0 Å². The molecular weight excluding hydrogens is 384 g/mol. The van der Waals surface area contributed by atoms with Crippen molar-refractivity contribution < 1.29 is 4.79 Å². The molecule has 4 aromatic rings. The smallest absolute Gasteiger partial charge is 0.258 e. The van der Waals surface area contributed by atoms with Gasteiger partial charge in [-0.3, -0.25) is 4.79 Å². The molecular formula is C26H22N4O. The van der Waals surface area contributed by atoms with E-state index in [1.807, 2.05) is 60.8 Å². The molecule has 1 aliphatic heterocycles. The van der Waals surface area contributed by atoms with Crippen LogP contribution in [0.2, 0.25) is 0 Å². The lowest BCUT2D eigenvalue weighted by molar-refractivity contribution is -0.110. The van der Waals surface area contributed by atoms with Crippen LogP contribution in [0.25, 0.3) is 11.3 Å². The second-order valence-electron chi connectivity index (χ2n) is 7.50. The third-order valence-corrected chi connectivity index (χ3v) is 5.43. The molecule has 0 atom stereocenters. The Labute approximate surface area is 180 Å². The third kappa shape index (κ3) is 3.98. The summed E-state index contributed by atoms with van der Waals surface area (Å²) < 4.78 is 0. The van der Waals surface area contributed by atoms with Crippen LogP contribution in [0.15, 0.2) is 91.4 Å². The van der Waals surface area contributed by atoms with E-state index in [1.165, 1.54) is 5.56 Å². The van der Waals surface area contributed by atoms with Gasteiger partial charge in [0.25, 0.3) is 5.91 Å². The van der Waals surface area contributed by atoms with Gasteiger partial charge >= 0.3 is 0 Å². The quantitative estimate of drug-likeness (QED) is 0.389. The molecule has 0 saturated carbocycles. The number of carbonyl (C=O) groups excluding carboxylic acids is 1. The van der Waals surface area contributed by atoms with E-state index in [0.717, 1.165) is 46.7 Å². The number of aryl methyl sites for hydroxylation is 2. The molecule has 2 heterocycles. The number of aromatic nitrogens is 2. The van der Waals surface area contributed by atoms with Gasteiger partial charge in [-0.05, 0) is 42.2 Å². The maximum absolute atomic E-state index is 12.9. The van der Waals surface area contributed by atoms with Gasteiger partial charge in [-0.2, -0.15) is 0 Å².